The molecule has 95 heavy (non-hydrogen) atoms. The maximum atomic E-state index is 7.85. The molecule has 0 aliphatic heterocycles. The zero-order chi connectivity index (χ0) is 76.2. The summed E-state index contributed by atoms with van der Waals surface area (Å²) in [5.74, 6) is 0.968. The molecule has 0 amide bonds. The lowest BCUT2D eigenvalue weighted by Gasteiger charge is -2.22. The van der Waals surface area contributed by atoms with Crippen LogP contribution in [0.4, 0.5) is 0 Å². The van der Waals surface area contributed by atoms with Gasteiger partial charge in [-0.15, -0.1) is 0 Å². The Morgan fingerprint density at radius 3 is 1.24 bits per heavy atom. The van der Waals surface area contributed by atoms with Crippen LogP contribution in [0.3, 0.4) is 0 Å². The van der Waals surface area contributed by atoms with Crippen molar-refractivity contribution >= 4 is 21.8 Å². The van der Waals surface area contributed by atoms with Crippen molar-refractivity contribution in [3.8, 4) is 39.3 Å². The van der Waals surface area contributed by atoms with E-state index >= 15 is 0 Å². The number of rotatable bonds is 5. The highest BCUT2D eigenvalue weighted by molar-refractivity contribution is 6.09. The van der Waals surface area contributed by atoms with Crippen LogP contribution < -0.4 is 0 Å². The first-order valence-corrected chi connectivity index (χ1v) is 32.8. The van der Waals surface area contributed by atoms with Gasteiger partial charge >= 0.3 is 0 Å². The van der Waals surface area contributed by atoms with Gasteiger partial charge in [0.1, 0.15) is 5.82 Å². The first-order chi connectivity index (χ1) is 47.9. The van der Waals surface area contributed by atoms with Crippen molar-refractivity contribution in [2.75, 3.05) is 0 Å². The van der Waals surface area contributed by atoms with Gasteiger partial charge in [-0.3, -0.25) is 29.5 Å². The van der Waals surface area contributed by atoms with E-state index in [1.165, 1.54) is 44.1 Å². The highest BCUT2D eigenvalue weighted by Crippen LogP contribution is 2.35. The van der Waals surface area contributed by atoms with E-state index in [4.69, 9.17) is 16.0 Å². The molecule has 0 N–H and O–H groups in total. The number of hydrogen-bond acceptors (Lipinski definition) is 6. The third kappa shape index (κ3) is 20.4. The SMILES string of the molecule is CC(C)(C)c1ccc(-n2c3ccccc3c3ccccc32)nc1.CC(C)(C)c1ccncc1.CC(C)(C)c1ncccc1-c1ccccc1.[2H]C([2H])(C)c1ccc(-c2ccccc2)c(C(C)(C)C)n1.[2H]C([2H])([2H])c1ccc(-c2ccccc2)nc1C(C)(C)C.[2H]C([2H])([2H])c1cccnc1C(C)(C)C. The van der Waals surface area contributed by atoms with Crippen LogP contribution in [0.25, 0.3) is 61.1 Å². The van der Waals surface area contributed by atoms with Gasteiger partial charge in [0.15, 0.2) is 0 Å². The molecule has 12 aromatic rings. The van der Waals surface area contributed by atoms with E-state index in [1.54, 1.807) is 43.5 Å². The third-order valence-corrected chi connectivity index (χ3v) is 15.7. The van der Waals surface area contributed by atoms with Crippen molar-refractivity contribution in [2.45, 2.75) is 184 Å². The summed E-state index contributed by atoms with van der Waals surface area (Å²) in [6, 6.07) is 70.5. The zero-order valence-electron chi connectivity index (χ0n) is 67.7. The molecule has 0 bridgehead atoms. The summed E-state index contributed by atoms with van der Waals surface area (Å²) in [5, 5.41) is 2.54. The lowest BCUT2D eigenvalue weighted by molar-refractivity contribution is 0.564. The Hall–Kier alpha value is -9.20. The second-order valence-corrected chi connectivity index (χ2v) is 29.8. The number of benzene rings is 5. The molecule has 12 rings (SSSR count). The Morgan fingerprint density at radius 2 is 0.800 bits per heavy atom. The van der Waals surface area contributed by atoms with Crippen molar-refractivity contribution < 1.29 is 11.0 Å². The molecule has 0 spiro atoms. The highest BCUT2D eigenvalue weighted by atomic mass is 15.1. The average molecular weight is 1270 g/mol. The predicted octanol–water partition coefficient (Wildman–Crippen LogP) is 23.6. The Balaban J connectivity index is 0.000000176. The maximum absolute atomic E-state index is 7.85. The van der Waals surface area contributed by atoms with Crippen LogP contribution in [0.2, 0.25) is 0 Å². The van der Waals surface area contributed by atoms with Crippen molar-refractivity contribution in [3.63, 3.8) is 0 Å². The molecule has 0 saturated heterocycles. The van der Waals surface area contributed by atoms with E-state index in [9.17, 15) is 0 Å². The van der Waals surface area contributed by atoms with Crippen LogP contribution in [-0.4, -0.2) is 34.5 Å². The summed E-state index contributed by atoms with van der Waals surface area (Å²) in [5.41, 5.74) is 15.8. The molecule has 7 aromatic heterocycles. The Labute approximate surface area is 582 Å². The third-order valence-electron chi connectivity index (χ3n) is 15.7. The molecular formula is C88H105N7. The summed E-state index contributed by atoms with van der Waals surface area (Å²) in [6.07, 6.45) is 7.75. The van der Waals surface area contributed by atoms with E-state index in [0.29, 0.717) is 28.2 Å². The summed E-state index contributed by atoms with van der Waals surface area (Å²) >= 11 is 0. The smallest absolute Gasteiger partial charge is 0.137 e. The topological polar surface area (TPSA) is 82.3 Å². The largest absolute Gasteiger partial charge is 0.294 e. The van der Waals surface area contributed by atoms with Crippen molar-refractivity contribution in [1.29, 1.82) is 0 Å². The molecule has 0 atom stereocenters. The molecule has 0 unspecified atom stereocenters. The van der Waals surface area contributed by atoms with Crippen LogP contribution in [0, 0.1) is 13.7 Å². The van der Waals surface area contributed by atoms with Crippen molar-refractivity contribution in [3.05, 3.63) is 294 Å². The summed E-state index contributed by atoms with van der Waals surface area (Å²) < 4.78 is 63.1. The lowest BCUT2D eigenvalue weighted by Crippen LogP contribution is -2.16. The fraction of sp³-hybridized carbons (Fsp3) is 0.318. The number of para-hydroxylation sites is 2. The van der Waals surface area contributed by atoms with Gasteiger partial charge < -0.3 is 0 Å². The van der Waals surface area contributed by atoms with Gasteiger partial charge in [-0.05, 0) is 119 Å². The summed E-state index contributed by atoms with van der Waals surface area (Å²) in [6.45, 7) is 35.3. The molecule has 492 valence electrons. The monoisotopic (exact) mass is 1270 g/mol. The summed E-state index contributed by atoms with van der Waals surface area (Å²) in [4.78, 5) is 26.6. The minimum Gasteiger partial charge on any atom is -0.294 e. The quantitative estimate of drug-likeness (QED) is 0.171. The fourth-order valence-corrected chi connectivity index (χ4v) is 10.7. The van der Waals surface area contributed by atoms with Gasteiger partial charge in [0, 0.05) is 108 Å². The molecule has 7 nitrogen and oxygen atoms in total. The van der Waals surface area contributed by atoms with Crippen LogP contribution in [0.1, 0.15) is 193 Å². The van der Waals surface area contributed by atoms with Crippen LogP contribution in [0.5, 0.6) is 0 Å². The van der Waals surface area contributed by atoms with E-state index in [0.717, 1.165) is 39.6 Å². The van der Waals surface area contributed by atoms with Gasteiger partial charge in [0.2, 0.25) is 0 Å². The van der Waals surface area contributed by atoms with E-state index in [2.05, 4.69) is 228 Å². The Morgan fingerprint density at radius 1 is 0.347 bits per heavy atom. The molecule has 7 heteroatoms. The molecule has 7 heterocycles. The molecule has 5 aromatic carbocycles. The van der Waals surface area contributed by atoms with E-state index in [1.807, 2.05) is 133 Å². The Bertz CT molecular complexity index is 4570. The number of hydrogen-bond donors (Lipinski definition) is 0. The van der Waals surface area contributed by atoms with Gasteiger partial charge in [-0.25, -0.2) is 4.98 Å². The second kappa shape index (κ2) is 31.8. The predicted molar refractivity (Wildman–Crippen MR) is 407 cm³/mol. The standard InChI is InChI=1S/C21H20N2.C17H21N.C16H19N.C15H17N.C10H15N.C9H13N/c1-21(2,3)15-12-13-20(22-14-15)23-18-10-6-4-8-16(18)17-9-5-7-11-19(17)23;1-5-14-11-12-15(13-9-7-6-8-10-13)16(18-14)17(2,3)4;1-12-10-11-14(13-8-6-5-7-9-13)17-15(12)16(2,3)4;1-15(2,3)14-13(10-7-11-16-14)12-8-5-4-6-9-12;1-8-6-5-7-11-9(8)10(2,3)4;1-9(2,3)8-4-6-10-7-5-8/h4-14H,1-3H3;6-12H,5H2,1-4H3;5-11H,1-4H3;4-11H,1-3H3;5-7H,1-4H3;4-7H,1-3H3/i;5D2;1D3;;1D3;. The van der Waals surface area contributed by atoms with E-state index in [-0.39, 0.29) is 32.5 Å². The first kappa shape index (κ1) is 61.9. The normalized spacial score (nSPS) is 13.3. The number of pyridine rings is 6. The molecule has 0 aliphatic carbocycles. The first-order valence-electron chi connectivity index (χ1n) is 36.8. The number of fused-ring (bicyclic) bond motifs is 3. The zero-order valence-corrected chi connectivity index (χ0v) is 59.7. The van der Waals surface area contributed by atoms with Crippen molar-refractivity contribution in [2.24, 2.45) is 0 Å². The summed E-state index contributed by atoms with van der Waals surface area (Å²) in [7, 11) is 0. The van der Waals surface area contributed by atoms with Gasteiger partial charge in [-0.2, -0.15) is 0 Å². The molecule has 0 saturated carbocycles. The van der Waals surface area contributed by atoms with Gasteiger partial charge in [-0.1, -0.05) is 289 Å². The average Bonchev–Trinajstić information content (AvgIpc) is 1.63. The lowest BCUT2D eigenvalue weighted by atomic mass is 9.86. The van der Waals surface area contributed by atoms with Crippen LogP contribution in [0.15, 0.2) is 243 Å². The number of aryl methyl sites for hydroxylation is 3. The minimum atomic E-state index is -2.13. The fourth-order valence-electron chi connectivity index (χ4n) is 10.7. The molecular weight excluding hydrogens is 1160 g/mol. The van der Waals surface area contributed by atoms with Crippen LogP contribution in [-0.2, 0) is 38.9 Å². The van der Waals surface area contributed by atoms with Crippen LogP contribution >= 0.6 is 0 Å². The minimum absolute atomic E-state index is 0.0758. The van der Waals surface area contributed by atoms with Gasteiger partial charge in [0.25, 0.3) is 0 Å². The van der Waals surface area contributed by atoms with E-state index < -0.39 is 20.1 Å². The Kier molecular flexibility index (Phi) is 20.7. The number of nitrogens with zero attached hydrogens (tertiary/aromatic N) is 7. The molecule has 0 aliphatic rings. The second-order valence-electron chi connectivity index (χ2n) is 29.8. The maximum Gasteiger partial charge on any atom is 0.137 e. The van der Waals surface area contributed by atoms with Crippen molar-refractivity contribution in [1.82, 2.24) is 34.5 Å². The number of aromatic nitrogens is 7. The van der Waals surface area contributed by atoms with Gasteiger partial charge in [0.05, 0.1) is 28.1 Å². The highest BCUT2D eigenvalue weighted by Gasteiger charge is 2.24. The molecule has 0 fully saturated rings. The molecule has 0 radical (unpaired) electrons.